The number of aromatic nitrogens is 1. The molecule has 29 heavy (non-hydrogen) atoms. The van der Waals surface area contributed by atoms with Crippen LogP contribution in [0, 0.1) is 0 Å². The molecular formula is C22H19N3O4. The van der Waals surface area contributed by atoms with E-state index in [4.69, 9.17) is 9.26 Å². The number of ether oxygens (including phenoxy) is 1. The van der Waals surface area contributed by atoms with Crippen molar-refractivity contribution in [1.82, 2.24) is 5.16 Å². The van der Waals surface area contributed by atoms with Gasteiger partial charge in [0, 0.05) is 18.2 Å². The van der Waals surface area contributed by atoms with Gasteiger partial charge in [0.1, 0.15) is 18.3 Å². The molecule has 3 heterocycles. The quantitative estimate of drug-likeness (QED) is 0.686. The second-order valence-electron chi connectivity index (χ2n) is 7.20. The minimum Gasteiger partial charge on any atom is -0.455 e. The van der Waals surface area contributed by atoms with Gasteiger partial charge in [-0.25, -0.2) is 4.79 Å². The fourth-order valence-electron chi connectivity index (χ4n) is 3.90. The molecule has 1 atom stereocenters. The number of nitrogens with one attached hydrogen (secondary N) is 1. The topological polar surface area (TPSA) is 84.7 Å². The minimum absolute atomic E-state index is 0.00676. The van der Waals surface area contributed by atoms with Gasteiger partial charge in [0.2, 0.25) is 5.91 Å². The lowest BCUT2D eigenvalue weighted by molar-refractivity contribution is -0.117. The van der Waals surface area contributed by atoms with Crippen LogP contribution in [0.3, 0.4) is 0 Å². The number of hydrogen-bond acceptors (Lipinski definition) is 6. The monoisotopic (exact) mass is 389 g/mol. The Hall–Kier alpha value is -3.61. The van der Waals surface area contributed by atoms with Crippen molar-refractivity contribution in [1.29, 1.82) is 0 Å². The van der Waals surface area contributed by atoms with E-state index in [-0.39, 0.29) is 18.6 Å². The molecule has 7 heteroatoms. The average molecular weight is 389 g/mol. The van der Waals surface area contributed by atoms with Crippen molar-refractivity contribution in [2.75, 3.05) is 16.8 Å². The highest BCUT2D eigenvalue weighted by Gasteiger charge is 2.36. The third-order valence-corrected chi connectivity index (χ3v) is 5.32. The van der Waals surface area contributed by atoms with Crippen LogP contribution in [0.2, 0.25) is 0 Å². The van der Waals surface area contributed by atoms with Gasteiger partial charge < -0.3 is 19.5 Å². The summed E-state index contributed by atoms with van der Waals surface area (Å²) in [5, 5.41) is 6.86. The molecule has 2 aliphatic rings. The number of hydrogen-bond donors (Lipinski definition) is 1. The van der Waals surface area contributed by atoms with Crippen LogP contribution in [0.5, 0.6) is 0 Å². The maximum absolute atomic E-state index is 12.5. The van der Waals surface area contributed by atoms with Crippen LogP contribution in [0.15, 0.2) is 59.1 Å². The standard InChI is InChI=1S/C22H19N3O4/c26-21-19-7-4-10-25(19)18-9-8-15(11-17(18)23-21)22(27)28-13-16-12-20(29-24-16)14-5-2-1-3-6-14/h1-3,5-6,8-9,11-12,19H,4,7,10,13H2,(H,23,26)/t19-/m0/s1. The Kier molecular flexibility index (Phi) is 4.27. The Labute approximate surface area is 167 Å². The third kappa shape index (κ3) is 3.24. The Morgan fingerprint density at radius 2 is 2.07 bits per heavy atom. The molecule has 7 nitrogen and oxygen atoms in total. The molecule has 5 rings (SSSR count). The van der Waals surface area contributed by atoms with Crippen LogP contribution in [0.4, 0.5) is 11.4 Å². The number of fused-ring (bicyclic) bond motifs is 3. The van der Waals surface area contributed by atoms with Gasteiger partial charge in [-0.05, 0) is 31.0 Å². The number of amides is 1. The maximum Gasteiger partial charge on any atom is 0.338 e. The molecule has 1 saturated heterocycles. The van der Waals surface area contributed by atoms with E-state index in [9.17, 15) is 9.59 Å². The summed E-state index contributed by atoms with van der Waals surface area (Å²) in [7, 11) is 0. The van der Waals surface area contributed by atoms with Gasteiger partial charge >= 0.3 is 5.97 Å². The van der Waals surface area contributed by atoms with Crippen LogP contribution < -0.4 is 10.2 Å². The molecule has 1 amide bonds. The van der Waals surface area contributed by atoms with Gasteiger partial charge in [0.25, 0.3) is 0 Å². The Bertz CT molecular complexity index is 1080. The predicted molar refractivity (Wildman–Crippen MR) is 106 cm³/mol. The number of carbonyl (C=O) groups is 2. The Morgan fingerprint density at radius 3 is 2.93 bits per heavy atom. The van der Waals surface area contributed by atoms with Gasteiger partial charge in [-0.15, -0.1) is 0 Å². The van der Waals surface area contributed by atoms with Crippen molar-refractivity contribution in [3.8, 4) is 11.3 Å². The molecule has 0 aliphatic carbocycles. The first-order valence-electron chi connectivity index (χ1n) is 9.59. The van der Waals surface area contributed by atoms with E-state index in [0.29, 0.717) is 22.7 Å². The molecule has 0 spiro atoms. The first kappa shape index (κ1) is 17.5. The SMILES string of the molecule is O=C(OCc1cc(-c2ccccc2)on1)c1ccc2c(c1)NC(=O)[C@@H]1CCCN21. The second kappa shape index (κ2) is 7.09. The van der Waals surface area contributed by atoms with Crippen molar-refractivity contribution < 1.29 is 18.8 Å². The summed E-state index contributed by atoms with van der Waals surface area (Å²) >= 11 is 0. The van der Waals surface area contributed by atoms with E-state index in [2.05, 4.69) is 15.4 Å². The van der Waals surface area contributed by atoms with E-state index in [1.807, 2.05) is 36.4 Å². The molecule has 146 valence electrons. The van der Waals surface area contributed by atoms with Crippen LogP contribution in [0.1, 0.15) is 28.9 Å². The van der Waals surface area contributed by atoms with E-state index >= 15 is 0 Å². The largest absolute Gasteiger partial charge is 0.455 e. The van der Waals surface area contributed by atoms with Crippen molar-refractivity contribution in [2.24, 2.45) is 0 Å². The fourth-order valence-corrected chi connectivity index (χ4v) is 3.90. The van der Waals surface area contributed by atoms with Crippen LogP contribution >= 0.6 is 0 Å². The summed E-state index contributed by atoms with van der Waals surface area (Å²) in [4.78, 5) is 26.8. The molecule has 2 aliphatic heterocycles. The number of nitrogens with zero attached hydrogens (tertiary/aromatic N) is 2. The summed E-state index contributed by atoms with van der Waals surface area (Å²) < 4.78 is 10.7. The molecule has 0 bridgehead atoms. The molecule has 2 aromatic carbocycles. The molecule has 1 aromatic heterocycles. The summed E-state index contributed by atoms with van der Waals surface area (Å²) in [6.07, 6.45) is 1.85. The first-order chi connectivity index (χ1) is 14.2. The van der Waals surface area contributed by atoms with E-state index in [0.717, 1.165) is 30.6 Å². The Morgan fingerprint density at radius 1 is 1.21 bits per heavy atom. The van der Waals surface area contributed by atoms with Crippen molar-refractivity contribution >= 4 is 23.3 Å². The lowest BCUT2D eigenvalue weighted by atomic mass is 10.1. The summed E-state index contributed by atoms with van der Waals surface area (Å²) in [5.41, 5.74) is 3.42. The van der Waals surface area contributed by atoms with Gasteiger partial charge in [0.15, 0.2) is 5.76 Å². The number of carbonyl (C=O) groups excluding carboxylic acids is 2. The van der Waals surface area contributed by atoms with Gasteiger partial charge in [-0.2, -0.15) is 0 Å². The lowest BCUT2D eigenvalue weighted by Gasteiger charge is -2.33. The average Bonchev–Trinajstić information content (AvgIpc) is 3.43. The smallest absolute Gasteiger partial charge is 0.338 e. The van der Waals surface area contributed by atoms with Gasteiger partial charge in [0.05, 0.1) is 16.9 Å². The molecule has 0 saturated carbocycles. The highest BCUT2D eigenvalue weighted by atomic mass is 16.5. The molecular weight excluding hydrogens is 370 g/mol. The highest BCUT2D eigenvalue weighted by Crippen LogP contribution is 2.37. The number of rotatable bonds is 4. The highest BCUT2D eigenvalue weighted by molar-refractivity contribution is 6.05. The zero-order chi connectivity index (χ0) is 19.8. The van der Waals surface area contributed by atoms with Crippen LogP contribution in [0.25, 0.3) is 11.3 Å². The predicted octanol–water partition coefficient (Wildman–Crippen LogP) is 3.62. The minimum atomic E-state index is -0.477. The summed E-state index contributed by atoms with van der Waals surface area (Å²) in [6.45, 7) is 0.859. The van der Waals surface area contributed by atoms with Gasteiger partial charge in [-0.3, -0.25) is 4.79 Å². The van der Waals surface area contributed by atoms with E-state index < -0.39 is 5.97 Å². The third-order valence-electron chi connectivity index (χ3n) is 5.32. The van der Waals surface area contributed by atoms with E-state index in [1.54, 1.807) is 18.2 Å². The van der Waals surface area contributed by atoms with Crippen molar-refractivity contribution in [3.05, 3.63) is 65.9 Å². The van der Waals surface area contributed by atoms with Crippen molar-refractivity contribution in [3.63, 3.8) is 0 Å². The molecule has 3 aromatic rings. The zero-order valence-corrected chi connectivity index (χ0v) is 15.6. The second-order valence-corrected chi connectivity index (χ2v) is 7.20. The maximum atomic E-state index is 12.5. The van der Waals surface area contributed by atoms with E-state index in [1.165, 1.54) is 0 Å². The Balaban J connectivity index is 1.28. The first-order valence-corrected chi connectivity index (χ1v) is 9.59. The lowest BCUT2D eigenvalue weighted by Crippen LogP contribution is -2.43. The molecule has 0 radical (unpaired) electrons. The van der Waals surface area contributed by atoms with Crippen LogP contribution in [-0.2, 0) is 16.1 Å². The number of anilines is 2. The molecule has 1 N–H and O–H groups in total. The summed E-state index contributed by atoms with van der Waals surface area (Å²) in [5.74, 6) is 0.125. The normalized spacial score (nSPS) is 17.4. The van der Waals surface area contributed by atoms with Gasteiger partial charge in [-0.1, -0.05) is 35.5 Å². The van der Waals surface area contributed by atoms with Crippen LogP contribution in [-0.4, -0.2) is 29.6 Å². The number of benzene rings is 2. The van der Waals surface area contributed by atoms with Crippen molar-refractivity contribution in [2.45, 2.75) is 25.5 Å². The number of esters is 1. The zero-order valence-electron chi connectivity index (χ0n) is 15.6. The molecule has 1 fully saturated rings. The fraction of sp³-hybridized carbons (Fsp3) is 0.227. The molecule has 0 unspecified atom stereocenters. The summed E-state index contributed by atoms with van der Waals surface area (Å²) in [6, 6.07) is 16.5.